The molecule has 0 aliphatic carbocycles. The van der Waals surface area contributed by atoms with Gasteiger partial charge in [-0.1, -0.05) is 29.8 Å². The number of nitrogens with zero attached hydrogens (tertiary/aromatic N) is 3. The molecule has 2 N–H and O–H groups in total. The number of pyridine rings is 1. The second kappa shape index (κ2) is 4.42. The van der Waals surface area contributed by atoms with E-state index >= 15 is 0 Å². The molecule has 96 valence electrons. The van der Waals surface area contributed by atoms with E-state index in [0.29, 0.717) is 11.5 Å². The molecule has 2 heterocycles. The quantitative estimate of drug-likeness (QED) is 0.696. The van der Waals surface area contributed by atoms with Gasteiger partial charge in [-0.15, -0.1) is 0 Å². The number of halogens is 1. The number of hydrogen-bond acceptors (Lipinski definition) is 4. The maximum Gasteiger partial charge on any atom is 0.165 e. The highest BCUT2D eigenvalue weighted by Crippen LogP contribution is 2.25. The standard InChI is InChI=1S/C14H13BrN4/c1-7(2)13-18-12(16)10-6-8-5-9(15)3-4-11(8)17-14(10)19-13/h3-7H,1-2H3,(H2,16,17,18,19). The summed E-state index contributed by atoms with van der Waals surface area (Å²) in [6, 6.07) is 7.93. The predicted octanol–water partition coefficient (Wildman–Crippen LogP) is 3.65. The summed E-state index contributed by atoms with van der Waals surface area (Å²) in [4.78, 5) is 13.4. The summed E-state index contributed by atoms with van der Waals surface area (Å²) in [6.07, 6.45) is 0. The molecule has 1 aromatic carbocycles. The van der Waals surface area contributed by atoms with E-state index in [9.17, 15) is 0 Å². The molecular formula is C14H13BrN4. The minimum atomic E-state index is 0.231. The number of rotatable bonds is 1. The molecular weight excluding hydrogens is 304 g/mol. The van der Waals surface area contributed by atoms with E-state index in [1.807, 2.05) is 38.1 Å². The van der Waals surface area contributed by atoms with Crippen LogP contribution in [0.2, 0.25) is 0 Å². The zero-order chi connectivity index (χ0) is 13.6. The van der Waals surface area contributed by atoms with Crippen LogP contribution in [0.5, 0.6) is 0 Å². The number of nitrogen functional groups attached to an aromatic ring is 1. The van der Waals surface area contributed by atoms with Gasteiger partial charge in [-0.2, -0.15) is 0 Å². The molecule has 5 heteroatoms. The van der Waals surface area contributed by atoms with Gasteiger partial charge in [0, 0.05) is 15.8 Å². The molecule has 3 rings (SSSR count). The summed E-state index contributed by atoms with van der Waals surface area (Å²) < 4.78 is 1.01. The van der Waals surface area contributed by atoms with Gasteiger partial charge in [0.1, 0.15) is 11.6 Å². The van der Waals surface area contributed by atoms with E-state index < -0.39 is 0 Å². The number of nitrogens with two attached hydrogens (primary N) is 1. The first kappa shape index (κ1) is 12.3. The lowest BCUT2D eigenvalue weighted by Gasteiger charge is -2.08. The Morgan fingerprint density at radius 1 is 1.11 bits per heavy atom. The summed E-state index contributed by atoms with van der Waals surface area (Å²) in [5.74, 6) is 1.45. The van der Waals surface area contributed by atoms with Crippen LogP contribution in [0.3, 0.4) is 0 Å². The van der Waals surface area contributed by atoms with Gasteiger partial charge in [-0.25, -0.2) is 15.0 Å². The molecule has 4 nitrogen and oxygen atoms in total. The Morgan fingerprint density at radius 2 is 1.89 bits per heavy atom. The fourth-order valence-electron chi connectivity index (χ4n) is 1.99. The number of hydrogen-bond donors (Lipinski definition) is 1. The fourth-order valence-corrected chi connectivity index (χ4v) is 2.37. The summed E-state index contributed by atoms with van der Waals surface area (Å²) >= 11 is 3.46. The highest BCUT2D eigenvalue weighted by atomic mass is 79.9. The number of anilines is 1. The van der Waals surface area contributed by atoms with Crippen LogP contribution in [-0.4, -0.2) is 15.0 Å². The maximum atomic E-state index is 6.02. The Hall–Kier alpha value is -1.75. The molecule has 0 atom stereocenters. The van der Waals surface area contributed by atoms with E-state index in [-0.39, 0.29) is 5.92 Å². The van der Waals surface area contributed by atoms with Gasteiger partial charge in [-0.3, -0.25) is 0 Å². The third kappa shape index (κ3) is 2.14. The van der Waals surface area contributed by atoms with Crippen molar-refractivity contribution < 1.29 is 0 Å². The van der Waals surface area contributed by atoms with E-state index in [1.54, 1.807) is 0 Å². The molecule has 0 aliphatic heterocycles. The van der Waals surface area contributed by atoms with Crippen molar-refractivity contribution >= 4 is 43.7 Å². The van der Waals surface area contributed by atoms with E-state index in [0.717, 1.165) is 26.6 Å². The van der Waals surface area contributed by atoms with E-state index in [4.69, 9.17) is 5.73 Å². The fraction of sp³-hybridized carbons (Fsp3) is 0.214. The molecule has 0 amide bonds. The van der Waals surface area contributed by atoms with E-state index in [2.05, 4.69) is 30.9 Å². The monoisotopic (exact) mass is 316 g/mol. The Balaban J connectivity index is 2.37. The third-order valence-electron chi connectivity index (χ3n) is 3.00. The molecule has 3 aromatic rings. The van der Waals surface area contributed by atoms with Crippen molar-refractivity contribution in [2.75, 3.05) is 5.73 Å². The highest BCUT2D eigenvalue weighted by molar-refractivity contribution is 9.10. The molecule has 0 unspecified atom stereocenters. The number of aromatic nitrogens is 3. The van der Waals surface area contributed by atoms with Crippen LogP contribution >= 0.6 is 15.9 Å². The van der Waals surface area contributed by atoms with Crippen LogP contribution in [0.15, 0.2) is 28.7 Å². The minimum Gasteiger partial charge on any atom is -0.383 e. The van der Waals surface area contributed by atoms with Crippen molar-refractivity contribution in [3.63, 3.8) is 0 Å². The normalized spacial score (nSPS) is 11.6. The van der Waals surface area contributed by atoms with Crippen molar-refractivity contribution in [1.82, 2.24) is 15.0 Å². The summed E-state index contributed by atoms with van der Waals surface area (Å²) in [5, 5.41) is 1.82. The lowest BCUT2D eigenvalue weighted by Crippen LogP contribution is -2.03. The van der Waals surface area contributed by atoms with Crippen LogP contribution < -0.4 is 5.73 Å². The van der Waals surface area contributed by atoms with Gasteiger partial charge in [0.05, 0.1) is 10.9 Å². The van der Waals surface area contributed by atoms with Gasteiger partial charge in [0.15, 0.2) is 5.65 Å². The van der Waals surface area contributed by atoms with Crippen molar-refractivity contribution in [3.8, 4) is 0 Å². The van der Waals surface area contributed by atoms with Gasteiger partial charge < -0.3 is 5.73 Å². The second-order valence-corrected chi connectivity index (χ2v) is 5.73. The van der Waals surface area contributed by atoms with Gasteiger partial charge >= 0.3 is 0 Å². The zero-order valence-electron chi connectivity index (χ0n) is 10.7. The van der Waals surface area contributed by atoms with Gasteiger partial charge in [0.25, 0.3) is 0 Å². The molecule has 0 saturated heterocycles. The van der Waals surface area contributed by atoms with Crippen molar-refractivity contribution in [1.29, 1.82) is 0 Å². The van der Waals surface area contributed by atoms with Crippen LogP contribution in [0.25, 0.3) is 21.9 Å². The van der Waals surface area contributed by atoms with Crippen molar-refractivity contribution in [3.05, 3.63) is 34.6 Å². The van der Waals surface area contributed by atoms with Crippen LogP contribution in [0, 0.1) is 0 Å². The first-order chi connectivity index (χ1) is 9.04. The average molecular weight is 317 g/mol. The molecule has 2 aromatic heterocycles. The van der Waals surface area contributed by atoms with E-state index in [1.165, 1.54) is 0 Å². The topological polar surface area (TPSA) is 64.7 Å². The van der Waals surface area contributed by atoms with Gasteiger partial charge in [-0.05, 0) is 24.3 Å². The van der Waals surface area contributed by atoms with Crippen LogP contribution in [0.4, 0.5) is 5.82 Å². The Bertz CT molecular complexity index is 783. The first-order valence-corrected chi connectivity index (χ1v) is 6.87. The van der Waals surface area contributed by atoms with Gasteiger partial charge in [0.2, 0.25) is 0 Å². The minimum absolute atomic E-state index is 0.231. The Labute approximate surface area is 119 Å². The number of fused-ring (bicyclic) bond motifs is 2. The predicted molar refractivity (Wildman–Crippen MR) is 81.0 cm³/mol. The van der Waals surface area contributed by atoms with Crippen LogP contribution in [0.1, 0.15) is 25.6 Å². The Kier molecular flexibility index (Phi) is 2.86. The molecule has 0 fully saturated rings. The SMILES string of the molecule is CC(C)c1nc(N)c2cc3cc(Br)ccc3nc2n1. The lowest BCUT2D eigenvalue weighted by molar-refractivity contribution is 0.783. The third-order valence-corrected chi connectivity index (χ3v) is 3.50. The largest absolute Gasteiger partial charge is 0.383 e. The summed E-state index contributed by atoms with van der Waals surface area (Å²) in [7, 11) is 0. The lowest BCUT2D eigenvalue weighted by atomic mass is 10.1. The maximum absolute atomic E-state index is 6.02. The summed E-state index contributed by atoms with van der Waals surface area (Å²) in [5.41, 5.74) is 7.59. The molecule has 0 saturated carbocycles. The first-order valence-electron chi connectivity index (χ1n) is 6.08. The van der Waals surface area contributed by atoms with Crippen LogP contribution in [-0.2, 0) is 0 Å². The van der Waals surface area contributed by atoms with Crippen molar-refractivity contribution in [2.45, 2.75) is 19.8 Å². The second-order valence-electron chi connectivity index (χ2n) is 4.82. The molecule has 0 spiro atoms. The van der Waals surface area contributed by atoms with Crippen molar-refractivity contribution in [2.24, 2.45) is 0 Å². The average Bonchev–Trinajstić information content (AvgIpc) is 2.36. The molecule has 0 bridgehead atoms. The molecule has 0 radical (unpaired) electrons. The smallest absolute Gasteiger partial charge is 0.165 e. The highest BCUT2D eigenvalue weighted by Gasteiger charge is 2.10. The molecule has 0 aliphatic rings. The zero-order valence-corrected chi connectivity index (χ0v) is 12.3. The summed E-state index contributed by atoms with van der Waals surface area (Å²) in [6.45, 7) is 4.08. The Morgan fingerprint density at radius 3 is 2.63 bits per heavy atom. The number of benzene rings is 1. The molecule has 19 heavy (non-hydrogen) atoms.